The van der Waals surface area contributed by atoms with Gasteiger partial charge in [0.05, 0.1) is 27.2 Å². The highest BCUT2D eigenvalue weighted by Gasteiger charge is 2.39. The van der Waals surface area contributed by atoms with Crippen LogP contribution in [0.1, 0.15) is 17.7 Å². The summed E-state index contributed by atoms with van der Waals surface area (Å²) in [6.45, 7) is 0.475. The normalized spacial score (nSPS) is 15.7. The van der Waals surface area contributed by atoms with Gasteiger partial charge in [-0.15, -0.1) is 0 Å². The maximum absolute atomic E-state index is 12.6. The van der Waals surface area contributed by atoms with E-state index in [9.17, 15) is 14.4 Å². The third-order valence-electron chi connectivity index (χ3n) is 4.71. The third-order valence-corrected chi connectivity index (χ3v) is 4.71. The van der Waals surface area contributed by atoms with E-state index in [4.69, 9.17) is 9.47 Å². The Kier molecular flexibility index (Phi) is 6.84. The van der Waals surface area contributed by atoms with Crippen molar-refractivity contribution in [3.63, 3.8) is 0 Å². The summed E-state index contributed by atoms with van der Waals surface area (Å²) < 4.78 is 10.4. The number of imide groups is 1. The van der Waals surface area contributed by atoms with Crippen molar-refractivity contribution in [3.8, 4) is 11.5 Å². The minimum Gasteiger partial charge on any atom is -0.493 e. The number of pyridine rings is 1. The molecular weight excluding hydrogens is 388 g/mol. The van der Waals surface area contributed by atoms with Crippen LogP contribution < -0.4 is 20.1 Å². The highest BCUT2D eigenvalue weighted by atomic mass is 16.5. The van der Waals surface area contributed by atoms with Crippen molar-refractivity contribution in [2.24, 2.45) is 0 Å². The van der Waals surface area contributed by atoms with E-state index in [0.717, 1.165) is 10.6 Å². The first-order valence-corrected chi connectivity index (χ1v) is 9.51. The molecule has 0 saturated carbocycles. The molecule has 0 spiro atoms. The number of carbonyl (C=O) groups excluding carboxylic acids is 3. The van der Waals surface area contributed by atoms with E-state index in [1.54, 1.807) is 24.4 Å². The van der Waals surface area contributed by atoms with Crippen LogP contribution in [0.15, 0.2) is 42.6 Å². The van der Waals surface area contributed by atoms with Gasteiger partial charge < -0.3 is 20.1 Å². The van der Waals surface area contributed by atoms with Crippen molar-refractivity contribution in [3.05, 3.63) is 53.9 Å². The lowest BCUT2D eigenvalue weighted by atomic mass is 10.1. The quantitative estimate of drug-likeness (QED) is 0.600. The van der Waals surface area contributed by atoms with Crippen molar-refractivity contribution in [1.82, 2.24) is 20.5 Å². The molecule has 2 aromatic rings. The molecule has 1 fully saturated rings. The molecule has 9 nitrogen and oxygen atoms in total. The molecule has 4 amide bonds. The first-order valence-electron chi connectivity index (χ1n) is 9.51. The minimum absolute atomic E-state index is 0.0722. The van der Waals surface area contributed by atoms with Crippen LogP contribution in [0.5, 0.6) is 11.5 Å². The Labute approximate surface area is 174 Å². The van der Waals surface area contributed by atoms with Crippen LogP contribution in [0.4, 0.5) is 4.79 Å². The molecular formula is C21H24N4O5. The molecule has 1 saturated heterocycles. The van der Waals surface area contributed by atoms with Crippen molar-refractivity contribution in [2.45, 2.75) is 25.4 Å². The van der Waals surface area contributed by atoms with Crippen LogP contribution in [-0.2, 0) is 22.6 Å². The van der Waals surface area contributed by atoms with Gasteiger partial charge in [-0.1, -0.05) is 12.1 Å². The van der Waals surface area contributed by atoms with Gasteiger partial charge in [0.1, 0.15) is 6.04 Å². The summed E-state index contributed by atoms with van der Waals surface area (Å²) in [5, 5.41) is 5.33. The molecule has 0 aliphatic carbocycles. The van der Waals surface area contributed by atoms with Gasteiger partial charge in [-0.25, -0.2) is 4.79 Å². The number of hydrogen-bond donors (Lipinski definition) is 2. The zero-order chi connectivity index (χ0) is 21.5. The van der Waals surface area contributed by atoms with E-state index >= 15 is 0 Å². The van der Waals surface area contributed by atoms with E-state index in [2.05, 4.69) is 15.6 Å². The van der Waals surface area contributed by atoms with Gasteiger partial charge in [-0.3, -0.25) is 19.5 Å². The van der Waals surface area contributed by atoms with E-state index < -0.39 is 18.0 Å². The Morgan fingerprint density at radius 2 is 1.97 bits per heavy atom. The van der Waals surface area contributed by atoms with Crippen LogP contribution >= 0.6 is 0 Å². The fourth-order valence-electron chi connectivity index (χ4n) is 3.16. The van der Waals surface area contributed by atoms with Gasteiger partial charge in [0.2, 0.25) is 5.91 Å². The monoisotopic (exact) mass is 412 g/mol. The predicted molar refractivity (Wildman–Crippen MR) is 108 cm³/mol. The molecule has 0 bridgehead atoms. The molecule has 0 radical (unpaired) electrons. The molecule has 1 atom stereocenters. The summed E-state index contributed by atoms with van der Waals surface area (Å²) >= 11 is 0. The maximum atomic E-state index is 12.6. The number of hydrogen-bond acceptors (Lipinski definition) is 6. The number of methoxy groups -OCH3 is 2. The molecule has 3 rings (SSSR count). The van der Waals surface area contributed by atoms with Gasteiger partial charge in [0.25, 0.3) is 5.91 Å². The molecule has 1 aliphatic heterocycles. The molecule has 2 N–H and O–H groups in total. The van der Waals surface area contributed by atoms with Gasteiger partial charge in [0, 0.05) is 24.9 Å². The highest BCUT2D eigenvalue weighted by molar-refractivity contribution is 6.05. The fourth-order valence-corrected chi connectivity index (χ4v) is 3.16. The Morgan fingerprint density at radius 1 is 1.17 bits per heavy atom. The van der Waals surface area contributed by atoms with Crippen LogP contribution in [0.2, 0.25) is 0 Å². The number of nitrogens with zero attached hydrogens (tertiary/aromatic N) is 2. The molecule has 1 aliphatic rings. The summed E-state index contributed by atoms with van der Waals surface area (Å²) in [7, 11) is 3.04. The number of ether oxygens (including phenoxy) is 2. The molecule has 1 unspecified atom stereocenters. The zero-order valence-corrected chi connectivity index (χ0v) is 16.9. The number of rotatable bonds is 9. The summed E-state index contributed by atoms with van der Waals surface area (Å²) in [6.07, 6.45) is 2.16. The van der Waals surface area contributed by atoms with E-state index in [0.29, 0.717) is 30.0 Å². The maximum Gasteiger partial charge on any atom is 0.325 e. The average molecular weight is 412 g/mol. The molecule has 2 heterocycles. The van der Waals surface area contributed by atoms with Crippen LogP contribution in [-0.4, -0.2) is 54.5 Å². The second-order valence-corrected chi connectivity index (χ2v) is 6.74. The van der Waals surface area contributed by atoms with Gasteiger partial charge in [-0.05, 0) is 29.8 Å². The van der Waals surface area contributed by atoms with Gasteiger partial charge >= 0.3 is 6.03 Å². The summed E-state index contributed by atoms with van der Waals surface area (Å²) in [6, 6.07) is 9.33. The number of amides is 4. The largest absolute Gasteiger partial charge is 0.493 e. The highest BCUT2D eigenvalue weighted by Crippen LogP contribution is 2.28. The van der Waals surface area contributed by atoms with Crippen LogP contribution in [0, 0.1) is 0 Å². The van der Waals surface area contributed by atoms with Crippen molar-refractivity contribution in [2.75, 3.05) is 20.8 Å². The van der Waals surface area contributed by atoms with Gasteiger partial charge in [-0.2, -0.15) is 0 Å². The predicted octanol–water partition coefficient (Wildman–Crippen LogP) is 1.27. The molecule has 1 aromatic carbocycles. The summed E-state index contributed by atoms with van der Waals surface area (Å²) in [4.78, 5) is 42.3. The molecule has 158 valence electrons. The van der Waals surface area contributed by atoms with E-state index in [1.807, 2.05) is 18.2 Å². The smallest absolute Gasteiger partial charge is 0.325 e. The lowest BCUT2D eigenvalue weighted by molar-refractivity contribution is -0.131. The SMILES string of the molecule is COc1ccc(CN2C(=O)NC(CC(=O)NCCc3ccccn3)C2=O)cc1OC. The number of aromatic nitrogens is 1. The van der Waals surface area contributed by atoms with Crippen molar-refractivity contribution >= 4 is 17.8 Å². The first kappa shape index (κ1) is 21.1. The Morgan fingerprint density at radius 3 is 2.67 bits per heavy atom. The lowest BCUT2D eigenvalue weighted by Crippen LogP contribution is -2.37. The second-order valence-electron chi connectivity index (χ2n) is 6.74. The lowest BCUT2D eigenvalue weighted by Gasteiger charge is -2.15. The fraction of sp³-hybridized carbons (Fsp3) is 0.333. The number of nitrogens with one attached hydrogen (secondary N) is 2. The third kappa shape index (κ3) is 5.05. The number of benzene rings is 1. The Hall–Kier alpha value is -3.62. The minimum atomic E-state index is -0.882. The Bertz CT molecular complexity index is 919. The van der Waals surface area contributed by atoms with Gasteiger partial charge in [0.15, 0.2) is 11.5 Å². The second kappa shape index (κ2) is 9.73. The number of urea groups is 1. The topological polar surface area (TPSA) is 110 Å². The van der Waals surface area contributed by atoms with E-state index in [-0.39, 0.29) is 18.9 Å². The molecule has 30 heavy (non-hydrogen) atoms. The summed E-state index contributed by atoms with van der Waals surface area (Å²) in [5.41, 5.74) is 1.57. The summed E-state index contributed by atoms with van der Waals surface area (Å²) in [5.74, 6) is 0.316. The standard InChI is InChI=1S/C21H24N4O5/c1-29-17-7-6-14(11-18(17)30-2)13-25-20(27)16(24-21(25)28)12-19(26)23-10-8-15-5-3-4-9-22-15/h3-7,9,11,16H,8,10,12-13H2,1-2H3,(H,23,26)(H,24,28). The number of carbonyl (C=O) groups is 3. The van der Waals surface area contributed by atoms with E-state index in [1.165, 1.54) is 14.2 Å². The van der Waals surface area contributed by atoms with Crippen molar-refractivity contribution < 1.29 is 23.9 Å². The molecule has 9 heteroatoms. The van der Waals surface area contributed by atoms with Crippen molar-refractivity contribution in [1.29, 1.82) is 0 Å². The first-order chi connectivity index (χ1) is 14.5. The Balaban J connectivity index is 1.53. The van der Waals surface area contributed by atoms with Crippen LogP contribution in [0.25, 0.3) is 0 Å². The van der Waals surface area contributed by atoms with Crippen LogP contribution in [0.3, 0.4) is 0 Å². The average Bonchev–Trinajstić information content (AvgIpc) is 3.01. The zero-order valence-electron chi connectivity index (χ0n) is 16.9. The molecule has 1 aromatic heterocycles.